The van der Waals surface area contributed by atoms with E-state index in [1.165, 1.54) is 11.1 Å². The van der Waals surface area contributed by atoms with Gasteiger partial charge in [0.1, 0.15) is 0 Å². The minimum atomic E-state index is 0.350. The van der Waals surface area contributed by atoms with Crippen molar-refractivity contribution >= 4 is 0 Å². The molecule has 1 aromatic heterocycles. The number of rotatable bonds is 4. The molecule has 0 saturated carbocycles. The Kier molecular flexibility index (Phi) is 4.04. The molecule has 0 bridgehead atoms. The molecule has 0 aliphatic heterocycles. The zero-order chi connectivity index (χ0) is 11.4. The zero-order valence-electron chi connectivity index (χ0n) is 10.1. The van der Waals surface area contributed by atoms with Gasteiger partial charge in [0.05, 0.1) is 0 Å². The van der Waals surface area contributed by atoms with Gasteiger partial charge in [-0.25, -0.2) is 0 Å². The van der Waals surface area contributed by atoms with Crippen LogP contribution in [0.25, 0.3) is 0 Å². The summed E-state index contributed by atoms with van der Waals surface area (Å²) in [6, 6.07) is 4.62. The van der Waals surface area contributed by atoms with Gasteiger partial charge in [0.25, 0.3) is 0 Å². The fraction of sp³-hybridized carbons (Fsp3) is 0.462. The number of pyridine rings is 1. The van der Waals surface area contributed by atoms with Gasteiger partial charge >= 0.3 is 0 Å². The van der Waals surface area contributed by atoms with Crippen molar-refractivity contribution in [2.24, 2.45) is 0 Å². The second kappa shape index (κ2) is 5.08. The molecular formula is C13H20N2. The molecule has 0 amide bonds. The molecule has 1 heterocycles. The Morgan fingerprint density at radius 2 is 1.93 bits per heavy atom. The van der Waals surface area contributed by atoms with Crippen LogP contribution in [0.4, 0.5) is 0 Å². The van der Waals surface area contributed by atoms with Gasteiger partial charge in [0.15, 0.2) is 0 Å². The van der Waals surface area contributed by atoms with Crippen LogP contribution in [-0.2, 0) is 0 Å². The third-order valence-electron chi connectivity index (χ3n) is 2.41. The lowest BCUT2D eigenvalue weighted by atomic mass is 10.00. The lowest BCUT2D eigenvalue weighted by molar-refractivity contribution is 0.588. The van der Waals surface area contributed by atoms with E-state index in [1.807, 2.05) is 20.9 Å². The Morgan fingerprint density at radius 3 is 2.33 bits per heavy atom. The number of nitrogens with one attached hydrogen (secondary N) is 1. The summed E-state index contributed by atoms with van der Waals surface area (Å²) in [5.74, 6) is 0. The zero-order valence-corrected chi connectivity index (χ0v) is 10.1. The van der Waals surface area contributed by atoms with Crippen LogP contribution in [0.1, 0.15) is 36.3 Å². The van der Waals surface area contributed by atoms with Crippen LogP contribution in [0.2, 0.25) is 0 Å². The summed E-state index contributed by atoms with van der Waals surface area (Å²) in [7, 11) is 1.98. The first kappa shape index (κ1) is 11.9. The molecule has 0 aliphatic rings. The van der Waals surface area contributed by atoms with Crippen LogP contribution < -0.4 is 5.32 Å². The molecule has 82 valence electrons. The summed E-state index contributed by atoms with van der Waals surface area (Å²) in [6.07, 6.45) is 0.972. The number of hydrogen-bond acceptors (Lipinski definition) is 2. The highest BCUT2D eigenvalue weighted by Gasteiger charge is 2.10. The lowest BCUT2D eigenvalue weighted by Crippen LogP contribution is -2.17. The third-order valence-corrected chi connectivity index (χ3v) is 2.41. The Balaban J connectivity index is 2.95. The topological polar surface area (TPSA) is 24.9 Å². The Labute approximate surface area is 92.4 Å². The van der Waals surface area contributed by atoms with E-state index in [-0.39, 0.29) is 0 Å². The van der Waals surface area contributed by atoms with Crippen LogP contribution >= 0.6 is 0 Å². The van der Waals surface area contributed by atoms with E-state index >= 15 is 0 Å². The van der Waals surface area contributed by atoms with Gasteiger partial charge in [-0.2, -0.15) is 0 Å². The molecule has 0 fully saturated rings. The van der Waals surface area contributed by atoms with E-state index < -0.39 is 0 Å². The van der Waals surface area contributed by atoms with Crippen LogP contribution in [0.3, 0.4) is 0 Å². The number of aryl methyl sites for hydroxylation is 2. The minimum absolute atomic E-state index is 0.350. The fourth-order valence-electron chi connectivity index (χ4n) is 1.80. The Bertz CT molecular complexity index is 335. The predicted molar refractivity (Wildman–Crippen MR) is 64.9 cm³/mol. The molecule has 2 nitrogen and oxygen atoms in total. The first-order chi connectivity index (χ1) is 7.02. The van der Waals surface area contributed by atoms with Crippen LogP contribution in [-0.4, -0.2) is 12.0 Å². The molecule has 2 heteroatoms. The average molecular weight is 204 g/mol. The fourth-order valence-corrected chi connectivity index (χ4v) is 1.80. The molecule has 0 aromatic carbocycles. The van der Waals surface area contributed by atoms with Crippen LogP contribution in [0.15, 0.2) is 24.3 Å². The van der Waals surface area contributed by atoms with Gasteiger partial charge in [0.2, 0.25) is 0 Å². The maximum absolute atomic E-state index is 4.38. The van der Waals surface area contributed by atoms with Crippen molar-refractivity contribution < 1.29 is 0 Å². The summed E-state index contributed by atoms with van der Waals surface area (Å²) in [5, 5.41) is 3.32. The molecule has 15 heavy (non-hydrogen) atoms. The van der Waals surface area contributed by atoms with E-state index in [9.17, 15) is 0 Å². The Hall–Kier alpha value is -1.15. The van der Waals surface area contributed by atoms with Crippen molar-refractivity contribution in [3.05, 3.63) is 41.2 Å². The van der Waals surface area contributed by atoms with Crippen LogP contribution in [0, 0.1) is 13.8 Å². The van der Waals surface area contributed by atoms with Gasteiger partial charge in [0, 0.05) is 17.4 Å². The van der Waals surface area contributed by atoms with Gasteiger partial charge < -0.3 is 5.32 Å². The molecule has 1 atom stereocenters. The van der Waals surface area contributed by atoms with Crippen molar-refractivity contribution in [2.45, 2.75) is 33.2 Å². The minimum Gasteiger partial charge on any atom is -0.313 e. The molecule has 0 radical (unpaired) electrons. The second-order valence-electron chi connectivity index (χ2n) is 4.19. The molecule has 0 spiro atoms. The molecule has 1 aromatic rings. The van der Waals surface area contributed by atoms with Crippen molar-refractivity contribution in [2.75, 3.05) is 7.05 Å². The SMILES string of the molecule is C=C(C)CC(NC)c1cc(C)nc(C)c1. The summed E-state index contributed by atoms with van der Waals surface area (Å²) >= 11 is 0. The first-order valence-electron chi connectivity index (χ1n) is 5.29. The van der Waals surface area contributed by atoms with E-state index in [0.29, 0.717) is 6.04 Å². The average Bonchev–Trinajstić information content (AvgIpc) is 2.12. The maximum Gasteiger partial charge on any atom is 0.0379 e. The van der Waals surface area contributed by atoms with Gasteiger partial charge in [-0.1, -0.05) is 5.57 Å². The standard InChI is InChI=1S/C13H20N2/c1-9(2)6-13(14-5)12-7-10(3)15-11(4)8-12/h7-8,13-14H,1,6H2,2-5H3. The highest BCUT2D eigenvalue weighted by molar-refractivity contribution is 5.24. The van der Waals surface area contributed by atoms with E-state index in [1.54, 1.807) is 0 Å². The van der Waals surface area contributed by atoms with E-state index in [4.69, 9.17) is 0 Å². The van der Waals surface area contributed by atoms with Gasteiger partial charge in [-0.15, -0.1) is 6.58 Å². The number of hydrogen-bond donors (Lipinski definition) is 1. The molecule has 1 unspecified atom stereocenters. The number of nitrogens with zero attached hydrogens (tertiary/aromatic N) is 1. The highest BCUT2D eigenvalue weighted by atomic mass is 14.9. The summed E-state index contributed by atoms with van der Waals surface area (Å²) in [5.41, 5.74) is 4.64. The maximum atomic E-state index is 4.38. The van der Waals surface area contributed by atoms with Crippen molar-refractivity contribution in [1.29, 1.82) is 0 Å². The Morgan fingerprint density at radius 1 is 1.40 bits per heavy atom. The summed E-state index contributed by atoms with van der Waals surface area (Å²) in [4.78, 5) is 4.38. The molecule has 0 saturated heterocycles. The van der Waals surface area contributed by atoms with Crippen molar-refractivity contribution in [3.63, 3.8) is 0 Å². The lowest BCUT2D eigenvalue weighted by Gasteiger charge is -2.17. The molecular weight excluding hydrogens is 184 g/mol. The normalized spacial score (nSPS) is 12.5. The van der Waals surface area contributed by atoms with E-state index in [2.05, 4.69) is 35.9 Å². The van der Waals surface area contributed by atoms with Gasteiger partial charge in [-0.05, 0) is 51.9 Å². The third kappa shape index (κ3) is 3.48. The van der Waals surface area contributed by atoms with Gasteiger partial charge in [-0.3, -0.25) is 4.98 Å². The molecule has 1 rings (SSSR count). The summed E-state index contributed by atoms with van der Waals surface area (Å²) < 4.78 is 0. The van der Waals surface area contributed by atoms with Crippen molar-refractivity contribution in [1.82, 2.24) is 10.3 Å². The van der Waals surface area contributed by atoms with Crippen LogP contribution in [0.5, 0.6) is 0 Å². The monoisotopic (exact) mass is 204 g/mol. The largest absolute Gasteiger partial charge is 0.313 e. The van der Waals surface area contributed by atoms with E-state index in [0.717, 1.165) is 17.8 Å². The first-order valence-corrected chi connectivity index (χ1v) is 5.29. The number of aromatic nitrogens is 1. The second-order valence-corrected chi connectivity index (χ2v) is 4.19. The quantitative estimate of drug-likeness (QED) is 0.763. The summed E-state index contributed by atoms with van der Waals surface area (Å²) in [6.45, 7) is 10.1. The predicted octanol–water partition coefficient (Wildman–Crippen LogP) is 2.93. The molecule has 1 N–H and O–H groups in total. The van der Waals surface area contributed by atoms with Crippen molar-refractivity contribution in [3.8, 4) is 0 Å². The highest BCUT2D eigenvalue weighted by Crippen LogP contribution is 2.20. The molecule has 0 aliphatic carbocycles. The smallest absolute Gasteiger partial charge is 0.0379 e.